The molecule has 16 aromatic carbocycles. The Morgan fingerprint density at radius 2 is 0.593 bits per heavy atom. The second-order valence-corrected chi connectivity index (χ2v) is 32.4. The highest BCUT2D eigenvalue weighted by atomic mass is 32.1. The monoisotopic (exact) mass is 1560 g/mol. The van der Waals surface area contributed by atoms with Crippen LogP contribution in [-0.2, 0) is 0 Å². The number of fused-ring (bicyclic) bond motifs is 16. The van der Waals surface area contributed by atoms with Gasteiger partial charge in [0, 0.05) is 134 Å². The molecule has 0 bridgehead atoms. The highest BCUT2D eigenvalue weighted by Gasteiger charge is 2.52. The number of hydrogen-bond acceptors (Lipinski definition) is 11. The molecule has 18 aromatic rings. The van der Waals surface area contributed by atoms with Crippen LogP contribution in [0, 0.1) is 23.3 Å². The summed E-state index contributed by atoms with van der Waals surface area (Å²) in [6.07, 6.45) is 0. The van der Waals surface area contributed by atoms with Crippen molar-refractivity contribution in [3.63, 3.8) is 0 Å². The van der Waals surface area contributed by atoms with Gasteiger partial charge in [-0.3, -0.25) is 0 Å². The zero-order valence-corrected chi connectivity index (χ0v) is 64.2. The van der Waals surface area contributed by atoms with Crippen LogP contribution < -0.4 is 91.4 Å². The van der Waals surface area contributed by atoms with E-state index in [0.29, 0.717) is 68.6 Å². The molecule has 0 aliphatic carbocycles. The van der Waals surface area contributed by atoms with Crippen molar-refractivity contribution in [3.8, 4) is 34.5 Å². The van der Waals surface area contributed by atoms with E-state index in [0.717, 1.165) is 125 Å². The Morgan fingerprint density at radius 1 is 0.246 bits per heavy atom. The maximum absolute atomic E-state index is 18.1. The van der Waals surface area contributed by atoms with Gasteiger partial charge < -0.3 is 43.6 Å². The minimum Gasteiger partial charge on any atom is -0.458 e. The van der Waals surface area contributed by atoms with Crippen molar-refractivity contribution >= 4 is 213 Å². The lowest BCUT2D eigenvalue weighted by Gasteiger charge is -2.45. The molecule has 9 nitrogen and oxygen atoms in total. The third kappa shape index (κ3) is 10.3. The highest BCUT2D eigenvalue weighted by Crippen LogP contribution is 2.55. The van der Waals surface area contributed by atoms with Crippen LogP contribution in [0.15, 0.2) is 358 Å². The van der Waals surface area contributed by atoms with Gasteiger partial charge in [0.25, 0.3) is 20.1 Å². The Labute approximate surface area is 685 Å². The molecule has 8 heterocycles. The molecule has 0 amide bonds. The first-order valence-corrected chi connectivity index (χ1v) is 40.8. The first-order chi connectivity index (χ1) is 58.2. The van der Waals surface area contributed by atoms with Crippen LogP contribution in [0.1, 0.15) is 0 Å². The van der Waals surface area contributed by atoms with E-state index in [1.807, 2.05) is 182 Å². The van der Waals surface area contributed by atoms with E-state index in [2.05, 4.69) is 159 Å². The van der Waals surface area contributed by atoms with E-state index < -0.39 is 43.4 Å². The van der Waals surface area contributed by atoms with Crippen LogP contribution in [0.3, 0.4) is 0 Å². The van der Waals surface area contributed by atoms with Gasteiger partial charge in [0.2, 0.25) is 0 Å². The van der Waals surface area contributed by atoms with E-state index in [1.54, 1.807) is 32.5 Å². The van der Waals surface area contributed by atoms with Gasteiger partial charge in [0.1, 0.15) is 69.1 Å². The fourth-order valence-electron chi connectivity index (χ4n) is 19.0. The van der Waals surface area contributed by atoms with E-state index in [4.69, 9.17) is 14.2 Å². The first-order valence-electron chi connectivity index (χ1n) is 39.2. The number of nitrogens with zero attached hydrogens (tertiary/aromatic N) is 6. The van der Waals surface area contributed by atoms with E-state index in [-0.39, 0.29) is 11.4 Å². The zero-order chi connectivity index (χ0) is 78.1. The maximum atomic E-state index is 18.1. The summed E-state index contributed by atoms with van der Waals surface area (Å²) >= 11 is 3.35. The Kier molecular flexibility index (Phi) is 15.3. The van der Waals surface area contributed by atoms with Crippen molar-refractivity contribution in [1.82, 2.24) is 0 Å². The Morgan fingerprint density at radius 3 is 1.04 bits per heavy atom. The predicted molar refractivity (Wildman–Crippen MR) is 479 cm³/mol. The average molecular weight is 1570 g/mol. The smallest absolute Gasteiger partial charge is 0.268 e. The van der Waals surface area contributed by atoms with E-state index in [1.165, 1.54) is 36.4 Å². The number of benzene rings is 16. The Hall–Kier alpha value is -14.4. The van der Waals surface area contributed by atoms with Crippen LogP contribution >= 0.6 is 22.7 Å². The SMILES string of the molecule is Fc1cccc(F)c1N1c2cc3c(cc2B2c4sc5ccccc5c4Oc4cc(N(c5ccccc5)c5ccccc5)cc1c42)B1c2cc4c(cc2Oc2cc(N(c5ccccc5)c5ccccc5)cc(c21)O3)N(c1c(F)cccc1F)c1cc(N(c2ccccc2)c2ccccc2)cc2c1B4c1sc3ccccc3c1N2c1ccccc1. The molecule has 6 aliphatic heterocycles. The lowest BCUT2D eigenvalue weighted by atomic mass is 9.31. The molecule has 2 aromatic heterocycles. The van der Waals surface area contributed by atoms with Crippen LogP contribution in [0.25, 0.3) is 20.2 Å². The van der Waals surface area contributed by atoms with Crippen LogP contribution in [0.4, 0.5) is 120 Å². The molecule has 0 saturated carbocycles. The molecule has 0 atom stereocenters. The summed E-state index contributed by atoms with van der Waals surface area (Å²) in [7, 11) is 0. The molecular formula is C100H59B3F4N6O3S2. The number of ether oxygens (including phenoxy) is 3. The van der Waals surface area contributed by atoms with Crippen LogP contribution in [0.5, 0.6) is 34.5 Å². The van der Waals surface area contributed by atoms with Gasteiger partial charge in [-0.2, -0.15) is 0 Å². The minimum absolute atomic E-state index is 0.265. The number of rotatable bonds is 12. The molecule has 0 spiro atoms. The van der Waals surface area contributed by atoms with Crippen molar-refractivity contribution in [2.75, 3.05) is 29.4 Å². The van der Waals surface area contributed by atoms with Gasteiger partial charge >= 0.3 is 0 Å². The fourth-order valence-corrected chi connectivity index (χ4v) is 21.5. The standard InChI is InChI=1S/C100H59B3F4N6O3S2/c104-76-44-26-45-77(105)96(76)112-80-58-85-74(56-72(80)102-92-82(111(66-40-20-7-21-41-66)95-70-42-22-24-48-90(70)117-99(95)102)50-67(51-83(92)112)108(60-28-8-1-9-29-60)61-30-10-2-11-31-61)101-75-57-73-81(59-86(75)115-89-55-69(54-88(114-85)94(89)101)110(64-36-16-5-17-37-64)65-38-18-6-19-39-65)113(97-78(106)46-27-47-79(97)107)84-52-68(109(62-32-12-3-13-33-62)63-34-14-4-15-35-63)53-87-93(84)103(73)100-98(116-87)71-43-23-25-49-91(71)118-100/h1-59H. The third-order valence-electron chi connectivity index (χ3n) is 23.7. The third-order valence-corrected chi connectivity index (χ3v) is 26.2. The zero-order valence-electron chi connectivity index (χ0n) is 62.5. The minimum atomic E-state index is -0.777. The fraction of sp³-hybridized carbons (Fsp3) is 0. The molecule has 18 heteroatoms. The molecule has 0 saturated heterocycles. The number of para-hydroxylation sites is 9. The van der Waals surface area contributed by atoms with Gasteiger partial charge in [-0.1, -0.05) is 182 Å². The second-order valence-electron chi connectivity index (χ2n) is 30.2. The lowest BCUT2D eigenvalue weighted by Crippen LogP contribution is -2.64. The summed E-state index contributed by atoms with van der Waals surface area (Å²) in [5.74, 6) is -0.0580. The highest BCUT2D eigenvalue weighted by molar-refractivity contribution is 7.34. The quantitative estimate of drug-likeness (QED) is 0.0879. The number of hydrogen-bond donors (Lipinski definition) is 0. The van der Waals surface area contributed by atoms with Crippen molar-refractivity contribution < 1.29 is 31.8 Å². The maximum Gasteiger partial charge on any atom is 0.268 e. The van der Waals surface area contributed by atoms with Crippen molar-refractivity contribution in [3.05, 3.63) is 381 Å². The van der Waals surface area contributed by atoms with Crippen LogP contribution in [-0.4, -0.2) is 20.1 Å². The summed E-state index contributed by atoms with van der Waals surface area (Å²) in [4.78, 5) is 12.4. The summed E-state index contributed by atoms with van der Waals surface area (Å²) in [6, 6.07) is 117. The van der Waals surface area contributed by atoms with Crippen molar-refractivity contribution in [1.29, 1.82) is 0 Å². The summed E-state index contributed by atoms with van der Waals surface area (Å²) < 4.78 is 99.0. The summed E-state index contributed by atoms with van der Waals surface area (Å²) in [5, 5.41) is 1.97. The van der Waals surface area contributed by atoms with Gasteiger partial charge in [-0.15, -0.1) is 22.7 Å². The molecule has 0 N–H and O–H groups in total. The molecule has 0 unspecified atom stereocenters. The molecule has 0 fully saturated rings. The number of halogens is 4. The first kappa shape index (κ1) is 68.0. The molecule has 24 rings (SSSR count). The molecular weight excluding hydrogens is 1510 g/mol. The van der Waals surface area contributed by atoms with Crippen LogP contribution in [0.2, 0.25) is 0 Å². The van der Waals surface area contributed by atoms with Crippen molar-refractivity contribution in [2.45, 2.75) is 0 Å². The lowest BCUT2D eigenvalue weighted by molar-refractivity contribution is 0.465. The number of thiophene rings is 2. The number of anilines is 18. The summed E-state index contributed by atoms with van der Waals surface area (Å²) in [5.41, 5.74) is 16.8. The topological polar surface area (TPSA) is 47.1 Å². The predicted octanol–water partition coefficient (Wildman–Crippen LogP) is 22.3. The van der Waals surface area contributed by atoms with Crippen molar-refractivity contribution in [2.24, 2.45) is 0 Å². The van der Waals surface area contributed by atoms with E-state index in [9.17, 15) is 0 Å². The molecule has 0 radical (unpaired) electrons. The molecule has 118 heavy (non-hydrogen) atoms. The molecule has 556 valence electrons. The van der Waals surface area contributed by atoms with Gasteiger partial charge in [-0.05, 0) is 178 Å². The van der Waals surface area contributed by atoms with Gasteiger partial charge in [0.15, 0.2) is 0 Å². The Bertz CT molecular complexity index is 7010. The normalized spacial score (nSPS) is 13.2. The summed E-state index contributed by atoms with van der Waals surface area (Å²) in [6.45, 7) is -1.88. The second kappa shape index (κ2) is 26.6. The largest absolute Gasteiger partial charge is 0.458 e. The van der Waals surface area contributed by atoms with Gasteiger partial charge in [-0.25, -0.2) is 17.6 Å². The van der Waals surface area contributed by atoms with Gasteiger partial charge in [0.05, 0.1) is 22.7 Å². The average Bonchev–Trinajstić information content (AvgIpc) is 1.48. The van der Waals surface area contributed by atoms with E-state index >= 15 is 17.6 Å². The Balaban J connectivity index is 0.804. The molecule has 6 aliphatic rings.